The molecular weight excluding hydrogens is 262 g/mol. The zero-order chi connectivity index (χ0) is 13.9. The predicted octanol–water partition coefficient (Wildman–Crippen LogP) is 1.58. The van der Waals surface area contributed by atoms with Gasteiger partial charge in [-0.05, 0) is 6.92 Å². The number of amidine groups is 1. The van der Waals surface area contributed by atoms with Crippen molar-refractivity contribution in [1.82, 2.24) is 15.3 Å². The van der Waals surface area contributed by atoms with Crippen molar-refractivity contribution < 1.29 is 4.74 Å². The molecule has 1 aromatic heterocycles. The molecule has 0 aliphatic heterocycles. The minimum Gasteiger partial charge on any atom is -0.460 e. The summed E-state index contributed by atoms with van der Waals surface area (Å²) in [5, 5.41) is 10.9. The molecule has 0 fully saturated rings. The molecule has 0 bridgehead atoms. The van der Waals surface area contributed by atoms with Gasteiger partial charge in [0.1, 0.15) is 6.61 Å². The van der Waals surface area contributed by atoms with E-state index in [1.165, 1.54) is 0 Å². The van der Waals surface area contributed by atoms with Crippen LogP contribution in [0.3, 0.4) is 0 Å². The second-order valence-electron chi connectivity index (χ2n) is 3.55. The third-order valence-corrected chi connectivity index (χ3v) is 3.11. The van der Waals surface area contributed by atoms with Crippen LogP contribution in [0.1, 0.15) is 11.4 Å². The van der Waals surface area contributed by atoms with Crippen molar-refractivity contribution in [3.63, 3.8) is 0 Å². The number of aromatic amines is 1. The summed E-state index contributed by atoms with van der Waals surface area (Å²) >= 11 is 1.73. The number of H-pyrrole nitrogens is 1. The maximum Gasteiger partial charge on any atom is 0.298 e. The van der Waals surface area contributed by atoms with E-state index in [0.717, 1.165) is 22.9 Å². The lowest BCUT2D eigenvalue weighted by molar-refractivity contribution is 0.336. The second-order valence-corrected chi connectivity index (χ2v) is 4.66. The van der Waals surface area contributed by atoms with Gasteiger partial charge in [-0.1, -0.05) is 12.7 Å². The first-order valence-electron chi connectivity index (χ1n) is 5.77. The fourth-order valence-corrected chi connectivity index (χ4v) is 2.07. The van der Waals surface area contributed by atoms with Crippen LogP contribution in [0.25, 0.3) is 0 Å². The first-order valence-corrected chi connectivity index (χ1v) is 6.93. The van der Waals surface area contributed by atoms with Gasteiger partial charge in [-0.2, -0.15) is 17.0 Å². The van der Waals surface area contributed by atoms with Crippen molar-refractivity contribution in [1.29, 1.82) is 5.26 Å². The molecule has 0 atom stereocenters. The van der Waals surface area contributed by atoms with Gasteiger partial charge in [0.05, 0.1) is 18.6 Å². The van der Waals surface area contributed by atoms with E-state index in [1.54, 1.807) is 30.4 Å². The molecule has 0 saturated carbocycles. The third-order valence-electron chi connectivity index (χ3n) is 2.16. The molecule has 7 heteroatoms. The first kappa shape index (κ1) is 15.1. The maximum atomic E-state index is 8.53. The van der Waals surface area contributed by atoms with E-state index < -0.39 is 0 Å². The van der Waals surface area contributed by atoms with Gasteiger partial charge in [-0.25, -0.2) is 15.3 Å². The minimum atomic E-state index is 0.235. The van der Waals surface area contributed by atoms with Crippen molar-refractivity contribution in [2.45, 2.75) is 12.7 Å². The first-order chi connectivity index (χ1) is 9.27. The summed E-state index contributed by atoms with van der Waals surface area (Å²) in [4.78, 5) is 11.4. The van der Waals surface area contributed by atoms with Gasteiger partial charge in [0.15, 0.2) is 6.19 Å². The number of hydrogen-bond acceptors (Lipinski definition) is 5. The average molecular weight is 279 g/mol. The lowest BCUT2D eigenvalue weighted by Crippen LogP contribution is -2.22. The van der Waals surface area contributed by atoms with Crippen LogP contribution in [0.5, 0.6) is 0 Å². The highest BCUT2D eigenvalue weighted by atomic mass is 32.2. The SMILES string of the molecule is C=CCOC(=NCCSCc1nc[nH]c1C)NC#N. The summed E-state index contributed by atoms with van der Waals surface area (Å²) in [6.45, 7) is 6.44. The largest absolute Gasteiger partial charge is 0.460 e. The van der Waals surface area contributed by atoms with Crippen molar-refractivity contribution in [3.8, 4) is 6.19 Å². The Balaban J connectivity index is 2.25. The topological polar surface area (TPSA) is 86.1 Å². The zero-order valence-corrected chi connectivity index (χ0v) is 11.7. The number of aliphatic imine (C=N–C) groups is 1. The molecule has 2 N–H and O–H groups in total. The van der Waals surface area contributed by atoms with E-state index >= 15 is 0 Å². The fraction of sp³-hybridized carbons (Fsp3) is 0.417. The molecule has 0 unspecified atom stereocenters. The Bertz CT molecular complexity index is 463. The summed E-state index contributed by atoms with van der Waals surface area (Å²) in [6.07, 6.45) is 5.08. The van der Waals surface area contributed by atoms with E-state index in [9.17, 15) is 0 Å². The predicted molar refractivity (Wildman–Crippen MR) is 76.7 cm³/mol. The maximum absolute atomic E-state index is 8.53. The summed E-state index contributed by atoms with van der Waals surface area (Å²) in [5.74, 6) is 1.68. The van der Waals surface area contributed by atoms with E-state index in [-0.39, 0.29) is 6.02 Å². The summed E-state index contributed by atoms with van der Waals surface area (Å²) < 4.78 is 5.17. The average Bonchev–Trinajstić information content (AvgIpc) is 2.81. The Morgan fingerprint density at radius 3 is 3.26 bits per heavy atom. The zero-order valence-electron chi connectivity index (χ0n) is 10.8. The van der Waals surface area contributed by atoms with Crippen LogP contribution >= 0.6 is 11.8 Å². The monoisotopic (exact) mass is 279 g/mol. The summed E-state index contributed by atoms with van der Waals surface area (Å²) in [5.41, 5.74) is 2.16. The lowest BCUT2D eigenvalue weighted by atomic mass is 10.4. The number of thioether (sulfide) groups is 1. The van der Waals surface area contributed by atoms with Crippen LogP contribution in [-0.2, 0) is 10.5 Å². The number of nitrogens with one attached hydrogen (secondary N) is 2. The summed E-state index contributed by atoms with van der Waals surface area (Å²) in [6, 6.07) is 0.235. The minimum absolute atomic E-state index is 0.235. The molecule has 0 radical (unpaired) electrons. The van der Waals surface area contributed by atoms with Gasteiger partial charge in [-0.15, -0.1) is 0 Å². The highest BCUT2D eigenvalue weighted by molar-refractivity contribution is 7.98. The van der Waals surface area contributed by atoms with E-state index in [1.807, 2.05) is 6.92 Å². The highest BCUT2D eigenvalue weighted by Crippen LogP contribution is 2.11. The van der Waals surface area contributed by atoms with Crippen LogP contribution < -0.4 is 5.32 Å². The van der Waals surface area contributed by atoms with Crippen LogP contribution in [0, 0.1) is 18.4 Å². The van der Waals surface area contributed by atoms with Gasteiger partial charge in [-0.3, -0.25) is 0 Å². The molecule has 19 heavy (non-hydrogen) atoms. The normalized spacial score (nSPS) is 10.8. The van der Waals surface area contributed by atoms with Crippen LogP contribution in [0.4, 0.5) is 0 Å². The number of rotatable bonds is 7. The molecular formula is C12H17N5OS. The number of aromatic nitrogens is 2. The Kier molecular flexibility index (Phi) is 7.20. The standard InChI is InChI=1S/C12H17N5OS/c1-3-5-18-12(15-8-13)14-4-6-19-7-11-10(2)16-9-17-11/h3,9H,1,4-7H2,2H3,(H,14,15)(H,16,17). The summed E-state index contributed by atoms with van der Waals surface area (Å²) in [7, 11) is 0. The molecule has 0 amide bonds. The number of imidazole rings is 1. The van der Waals surface area contributed by atoms with Crippen LogP contribution in [0.2, 0.25) is 0 Å². The molecule has 102 valence electrons. The smallest absolute Gasteiger partial charge is 0.298 e. The molecule has 0 aliphatic carbocycles. The van der Waals surface area contributed by atoms with E-state index in [4.69, 9.17) is 10.00 Å². The number of aryl methyl sites for hydroxylation is 1. The molecule has 0 aliphatic rings. The van der Waals surface area contributed by atoms with Gasteiger partial charge in [0.2, 0.25) is 0 Å². The molecule has 1 aromatic rings. The Hall–Kier alpha value is -1.94. The Morgan fingerprint density at radius 1 is 1.79 bits per heavy atom. The molecule has 1 heterocycles. The van der Waals surface area contributed by atoms with E-state index in [2.05, 4.69) is 26.9 Å². The van der Waals surface area contributed by atoms with Crippen molar-refractivity contribution in [3.05, 3.63) is 30.4 Å². The molecule has 0 spiro atoms. The van der Waals surface area contributed by atoms with Crippen molar-refractivity contribution in [2.75, 3.05) is 18.9 Å². The highest BCUT2D eigenvalue weighted by Gasteiger charge is 2.01. The molecule has 1 rings (SSSR count). The quantitative estimate of drug-likeness (QED) is 0.198. The third kappa shape index (κ3) is 5.97. The number of ether oxygens (including phenoxy) is 1. The van der Waals surface area contributed by atoms with Crippen LogP contribution in [0.15, 0.2) is 24.0 Å². The number of nitriles is 1. The van der Waals surface area contributed by atoms with Gasteiger partial charge < -0.3 is 9.72 Å². The number of hydrogen-bond donors (Lipinski definition) is 2. The van der Waals surface area contributed by atoms with Gasteiger partial charge in [0, 0.05) is 17.2 Å². The Labute approximate surface area is 117 Å². The van der Waals surface area contributed by atoms with Crippen molar-refractivity contribution >= 4 is 17.8 Å². The van der Waals surface area contributed by atoms with Crippen LogP contribution in [-0.4, -0.2) is 34.9 Å². The molecule has 0 saturated heterocycles. The van der Waals surface area contributed by atoms with Gasteiger partial charge >= 0.3 is 0 Å². The van der Waals surface area contributed by atoms with Crippen molar-refractivity contribution in [2.24, 2.45) is 4.99 Å². The van der Waals surface area contributed by atoms with Gasteiger partial charge in [0.25, 0.3) is 6.02 Å². The molecule has 0 aromatic carbocycles. The van der Waals surface area contributed by atoms with E-state index in [0.29, 0.717) is 13.2 Å². The lowest BCUT2D eigenvalue weighted by Gasteiger charge is -2.04. The number of nitrogens with zero attached hydrogens (tertiary/aromatic N) is 3. The Morgan fingerprint density at radius 2 is 2.63 bits per heavy atom. The fourth-order valence-electron chi connectivity index (χ4n) is 1.22. The second kappa shape index (κ2) is 9.05. The molecule has 6 nitrogen and oxygen atoms in total.